The van der Waals surface area contributed by atoms with Crippen molar-refractivity contribution in [2.24, 2.45) is 11.8 Å². The van der Waals surface area contributed by atoms with E-state index in [0.29, 0.717) is 56.4 Å². The second-order valence-corrected chi connectivity index (χ2v) is 23.1. The van der Waals surface area contributed by atoms with E-state index < -0.39 is 29.4 Å². The quantitative estimate of drug-likeness (QED) is 0.227. The van der Waals surface area contributed by atoms with Crippen LogP contribution < -0.4 is 0 Å². The molecular formula is C56H76O14. The molecule has 10 heterocycles. The van der Waals surface area contributed by atoms with Crippen LogP contribution >= 0.6 is 0 Å². The van der Waals surface area contributed by atoms with Crippen LogP contribution in [-0.4, -0.2) is 145 Å². The molecule has 384 valence electrons. The molecule has 1 aromatic rings. The molecule has 0 amide bonds. The molecule has 8 saturated heterocycles. The zero-order valence-corrected chi connectivity index (χ0v) is 41.5. The molecule has 11 rings (SSSR count). The maximum Gasteiger partial charge on any atom is 0.338 e. The van der Waals surface area contributed by atoms with Crippen molar-refractivity contribution in [3.8, 4) is 0 Å². The van der Waals surface area contributed by atoms with Gasteiger partial charge in [0.1, 0.15) is 31.0 Å². The first-order chi connectivity index (χ1) is 33.8. The van der Waals surface area contributed by atoms with Gasteiger partial charge in [0.15, 0.2) is 0 Å². The average molecular weight is 973 g/mol. The number of aliphatic hydroxyl groups excluding tert-OH is 1. The summed E-state index contributed by atoms with van der Waals surface area (Å²) in [5, 5.41) is 11.5. The fourth-order valence-corrected chi connectivity index (χ4v) is 14.0. The van der Waals surface area contributed by atoms with Crippen LogP contribution in [-0.2, 0) is 56.9 Å². The van der Waals surface area contributed by atoms with E-state index in [-0.39, 0.29) is 116 Å². The average Bonchev–Trinajstić information content (AvgIpc) is 3.62. The van der Waals surface area contributed by atoms with Gasteiger partial charge < -0.3 is 57.2 Å². The van der Waals surface area contributed by atoms with Gasteiger partial charge in [0.05, 0.1) is 109 Å². The summed E-state index contributed by atoms with van der Waals surface area (Å²) in [6.07, 6.45) is 14.7. The lowest BCUT2D eigenvalue weighted by molar-refractivity contribution is -0.316. The van der Waals surface area contributed by atoms with E-state index in [1.54, 1.807) is 24.3 Å². The summed E-state index contributed by atoms with van der Waals surface area (Å²) in [6.45, 7) is 13.1. The van der Waals surface area contributed by atoms with Gasteiger partial charge in [-0.1, -0.05) is 62.9 Å². The summed E-state index contributed by atoms with van der Waals surface area (Å²) in [4.78, 5) is 24.9. The Bertz CT molecular complexity index is 2100. The van der Waals surface area contributed by atoms with Crippen molar-refractivity contribution in [2.75, 3.05) is 6.61 Å². The van der Waals surface area contributed by atoms with Crippen LogP contribution in [0.4, 0.5) is 0 Å². The molecule has 0 bridgehead atoms. The van der Waals surface area contributed by atoms with Crippen molar-refractivity contribution in [3.63, 3.8) is 0 Å². The number of rotatable bonds is 5. The lowest BCUT2D eigenvalue weighted by Crippen LogP contribution is -2.65. The second-order valence-electron chi connectivity index (χ2n) is 23.1. The fourth-order valence-electron chi connectivity index (χ4n) is 14.0. The highest BCUT2D eigenvalue weighted by Gasteiger charge is 2.57. The molecular weight excluding hydrogens is 897 g/mol. The van der Waals surface area contributed by atoms with Crippen LogP contribution in [0.15, 0.2) is 66.8 Å². The molecule has 0 aliphatic carbocycles. The van der Waals surface area contributed by atoms with E-state index in [0.717, 1.165) is 56.9 Å². The Morgan fingerprint density at radius 1 is 0.686 bits per heavy atom. The molecule has 8 fully saturated rings. The third kappa shape index (κ3) is 10.3. The van der Waals surface area contributed by atoms with Gasteiger partial charge in [-0.3, -0.25) is 4.79 Å². The molecule has 0 aromatic heterocycles. The largest absolute Gasteiger partial charge is 0.459 e. The highest BCUT2D eigenvalue weighted by Crippen LogP contribution is 2.48. The van der Waals surface area contributed by atoms with Gasteiger partial charge >= 0.3 is 11.9 Å². The SMILES string of the molecule is C=C(COC(=O)c1ccccc1)C[C@@H]1C[C@H](O)C2OC3C[C@]4(C)OC5/C=C\CC6OC7C(C/C=C\CC6OC5CCCC4OC3CC2O1)OC1CC2OC3CC(=O)OC3C[C@@H](C)C[C@@]2(C)OC1C[C@@H]7C. The van der Waals surface area contributed by atoms with E-state index in [4.69, 9.17) is 52.1 Å². The molecule has 14 nitrogen and oxygen atoms in total. The van der Waals surface area contributed by atoms with Crippen molar-refractivity contribution < 1.29 is 66.8 Å². The first-order valence-electron chi connectivity index (χ1n) is 26.8. The molecule has 22 atom stereocenters. The van der Waals surface area contributed by atoms with Crippen LogP contribution in [0.3, 0.4) is 0 Å². The monoisotopic (exact) mass is 973 g/mol. The summed E-state index contributed by atoms with van der Waals surface area (Å²) in [6, 6.07) is 8.91. The number of aliphatic hydroxyl groups is 1. The fraction of sp³-hybridized carbons (Fsp3) is 0.750. The number of hydrogen-bond acceptors (Lipinski definition) is 14. The van der Waals surface area contributed by atoms with Crippen LogP contribution in [0.2, 0.25) is 0 Å². The van der Waals surface area contributed by atoms with Crippen LogP contribution in [0.25, 0.3) is 0 Å². The number of fused-ring (bicyclic) bond motifs is 9. The number of esters is 2. The van der Waals surface area contributed by atoms with E-state index in [9.17, 15) is 14.7 Å². The minimum absolute atomic E-state index is 0.0876. The molecule has 0 saturated carbocycles. The summed E-state index contributed by atoms with van der Waals surface area (Å²) < 4.78 is 74.2. The van der Waals surface area contributed by atoms with E-state index in [1.807, 2.05) is 6.07 Å². The lowest BCUT2D eigenvalue weighted by atomic mass is 9.78. The minimum atomic E-state index is -0.720. The van der Waals surface area contributed by atoms with Gasteiger partial charge in [0.2, 0.25) is 0 Å². The summed E-state index contributed by atoms with van der Waals surface area (Å²) in [5.41, 5.74) is 0.0913. The molecule has 1 N–H and O–H groups in total. The number of benzene rings is 1. The topological polar surface area (TPSA) is 156 Å². The molecule has 16 unspecified atom stereocenters. The third-order valence-corrected chi connectivity index (χ3v) is 17.4. The van der Waals surface area contributed by atoms with Crippen LogP contribution in [0, 0.1) is 11.8 Å². The number of carbonyl (C=O) groups is 2. The van der Waals surface area contributed by atoms with Gasteiger partial charge in [-0.05, 0) is 108 Å². The smallest absolute Gasteiger partial charge is 0.338 e. The van der Waals surface area contributed by atoms with Crippen molar-refractivity contribution in [2.45, 2.75) is 245 Å². The predicted octanol–water partition coefficient (Wildman–Crippen LogP) is 7.61. The standard InChI is InChI=1S/C56H76O14/c1-31-22-42-45(27-51(58)66-42)65-50-26-44-46(70-55(50,4)28-31)23-33(3)52-41(63-44)16-10-9-15-37-38(67-52)17-11-19-40-39(62-37)18-12-20-49-56(5,69-40)29-48-43(64-49)25-47-53(68-48)36(57)24-35(61-47)21-32(2)30-60-54(59)34-13-7-6-8-14-34/h6-11,13-14,19,31,33,35-50,52-53,57H,2,12,15-18,20-30H2,1,3-5H3/b10-9-,19-11-/t31-,33+,35-,36+,37?,38?,39?,40?,41?,42?,43?,44?,45?,46?,47?,48?,49?,50?,52?,53?,55-,56+/m1/s1. The Morgan fingerprint density at radius 3 is 2.26 bits per heavy atom. The van der Waals surface area contributed by atoms with Crippen LogP contribution in [0.5, 0.6) is 0 Å². The first-order valence-corrected chi connectivity index (χ1v) is 26.8. The highest BCUT2D eigenvalue weighted by molar-refractivity contribution is 5.89. The number of hydrogen-bond donors (Lipinski definition) is 1. The highest BCUT2D eigenvalue weighted by atomic mass is 16.6. The Balaban J connectivity index is 0.723. The van der Waals surface area contributed by atoms with Gasteiger partial charge in [-0.15, -0.1) is 0 Å². The summed E-state index contributed by atoms with van der Waals surface area (Å²) in [5.74, 6) is -0.0736. The summed E-state index contributed by atoms with van der Waals surface area (Å²) in [7, 11) is 0. The maximum atomic E-state index is 12.5. The molecule has 10 aliphatic rings. The number of ether oxygens (including phenoxy) is 11. The van der Waals surface area contributed by atoms with Gasteiger partial charge in [0.25, 0.3) is 0 Å². The van der Waals surface area contributed by atoms with Crippen LogP contribution in [0.1, 0.15) is 134 Å². The minimum Gasteiger partial charge on any atom is -0.459 e. The Morgan fingerprint density at radius 2 is 1.41 bits per heavy atom. The Kier molecular flexibility index (Phi) is 14.3. The van der Waals surface area contributed by atoms with Crippen molar-refractivity contribution in [1.29, 1.82) is 0 Å². The maximum absolute atomic E-state index is 12.5. The zero-order chi connectivity index (χ0) is 48.3. The third-order valence-electron chi connectivity index (χ3n) is 17.4. The van der Waals surface area contributed by atoms with Crippen molar-refractivity contribution in [1.82, 2.24) is 0 Å². The first kappa shape index (κ1) is 49.2. The molecule has 70 heavy (non-hydrogen) atoms. The molecule has 10 aliphatic heterocycles. The predicted molar refractivity (Wildman–Crippen MR) is 255 cm³/mol. The van der Waals surface area contributed by atoms with E-state index in [1.165, 1.54) is 0 Å². The second kappa shape index (κ2) is 20.4. The molecule has 0 spiro atoms. The molecule has 0 radical (unpaired) electrons. The van der Waals surface area contributed by atoms with E-state index >= 15 is 0 Å². The lowest BCUT2D eigenvalue weighted by Gasteiger charge is -2.55. The molecule has 14 heteroatoms. The number of carbonyl (C=O) groups excluding carboxylic acids is 2. The Labute approximate surface area is 413 Å². The molecule has 1 aromatic carbocycles. The van der Waals surface area contributed by atoms with E-state index in [2.05, 4.69) is 58.6 Å². The zero-order valence-electron chi connectivity index (χ0n) is 41.5. The Hall–Kier alpha value is -3.02. The van der Waals surface area contributed by atoms with Crippen molar-refractivity contribution in [3.05, 3.63) is 72.4 Å². The normalized spacial score (nSPS) is 48.9. The van der Waals surface area contributed by atoms with Crippen molar-refractivity contribution >= 4 is 11.9 Å². The van der Waals surface area contributed by atoms with Gasteiger partial charge in [0, 0.05) is 25.7 Å². The van der Waals surface area contributed by atoms with Gasteiger partial charge in [-0.25, -0.2) is 4.79 Å². The summed E-state index contributed by atoms with van der Waals surface area (Å²) >= 11 is 0. The van der Waals surface area contributed by atoms with Gasteiger partial charge in [-0.2, -0.15) is 0 Å².